The Labute approximate surface area is 203 Å². The standard InChI is InChI=1S/C29H35N3O2/c1-4-32(5-2)21-7-20-30-29(33)25-8-6-9-27(22-25)31-26-16-12-23(13-17-26)10-11-24-14-18-28(34-3)19-15-24/h6,8-19,22,31H,4-5,7,20-21H2,1-3H3,(H,30,33)/b11-10+. The summed E-state index contributed by atoms with van der Waals surface area (Å²) in [6.45, 7) is 8.08. The van der Waals surface area contributed by atoms with Crippen LogP contribution in [0.1, 0.15) is 41.8 Å². The van der Waals surface area contributed by atoms with Crippen LogP contribution in [0.2, 0.25) is 0 Å². The van der Waals surface area contributed by atoms with E-state index in [0.717, 1.165) is 54.3 Å². The minimum absolute atomic E-state index is 0.0396. The van der Waals surface area contributed by atoms with Crippen molar-refractivity contribution in [3.05, 3.63) is 89.5 Å². The van der Waals surface area contributed by atoms with E-state index in [1.54, 1.807) is 7.11 Å². The van der Waals surface area contributed by atoms with Crippen molar-refractivity contribution in [2.45, 2.75) is 20.3 Å². The summed E-state index contributed by atoms with van der Waals surface area (Å²) < 4.78 is 5.20. The summed E-state index contributed by atoms with van der Waals surface area (Å²) in [5.41, 5.74) is 4.74. The van der Waals surface area contributed by atoms with Gasteiger partial charge in [-0.05, 0) is 79.6 Å². The van der Waals surface area contributed by atoms with Gasteiger partial charge in [0.2, 0.25) is 0 Å². The van der Waals surface area contributed by atoms with Gasteiger partial charge in [0.05, 0.1) is 7.11 Å². The second kappa shape index (κ2) is 13.2. The molecule has 0 saturated heterocycles. The molecule has 178 valence electrons. The second-order valence-corrected chi connectivity index (χ2v) is 8.07. The molecule has 3 aromatic rings. The first-order valence-electron chi connectivity index (χ1n) is 11.9. The zero-order valence-electron chi connectivity index (χ0n) is 20.4. The van der Waals surface area contributed by atoms with Crippen LogP contribution in [-0.2, 0) is 0 Å². The SMILES string of the molecule is CCN(CC)CCCNC(=O)c1cccc(Nc2ccc(/C=C/c3ccc(OC)cc3)cc2)c1. The highest BCUT2D eigenvalue weighted by molar-refractivity contribution is 5.95. The Bertz CT molecular complexity index is 1060. The first-order valence-corrected chi connectivity index (χ1v) is 11.9. The average Bonchev–Trinajstić information content (AvgIpc) is 2.88. The summed E-state index contributed by atoms with van der Waals surface area (Å²) in [7, 11) is 1.67. The molecule has 0 aliphatic carbocycles. The number of hydrogen-bond acceptors (Lipinski definition) is 4. The molecule has 1 amide bonds. The molecule has 0 radical (unpaired) electrons. The molecule has 0 aliphatic heterocycles. The van der Waals surface area contributed by atoms with Gasteiger partial charge in [-0.15, -0.1) is 0 Å². The van der Waals surface area contributed by atoms with E-state index in [1.807, 2.05) is 60.7 Å². The van der Waals surface area contributed by atoms with Gasteiger partial charge in [-0.1, -0.05) is 56.3 Å². The predicted octanol–water partition coefficient (Wildman–Crippen LogP) is 6.07. The molecular weight excluding hydrogens is 422 g/mol. The summed E-state index contributed by atoms with van der Waals surface area (Å²) in [5.74, 6) is 0.812. The predicted molar refractivity (Wildman–Crippen MR) is 143 cm³/mol. The van der Waals surface area contributed by atoms with Gasteiger partial charge in [0, 0.05) is 23.5 Å². The topological polar surface area (TPSA) is 53.6 Å². The minimum Gasteiger partial charge on any atom is -0.497 e. The fourth-order valence-electron chi connectivity index (χ4n) is 3.64. The number of hydrogen-bond donors (Lipinski definition) is 2. The monoisotopic (exact) mass is 457 g/mol. The van der Waals surface area contributed by atoms with Gasteiger partial charge in [0.1, 0.15) is 5.75 Å². The van der Waals surface area contributed by atoms with Gasteiger partial charge in [-0.25, -0.2) is 0 Å². The number of nitrogens with zero attached hydrogens (tertiary/aromatic N) is 1. The van der Waals surface area contributed by atoms with Crippen LogP contribution in [-0.4, -0.2) is 44.1 Å². The fourth-order valence-corrected chi connectivity index (χ4v) is 3.64. The molecule has 0 spiro atoms. The molecule has 0 fully saturated rings. The quantitative estimate of drug-likeness (QED) is 0.256. The Hall–Kier alpha value is -3.57. The Morgan fingerprint density at radius 1 is 0.882 bits per heavy atom. The largest absolute Gasteiger partial charge is 0.497 e. The van der Waals surface area contributed by atoms with Gasteiger partial charge < -0.3 is 20.3 Å². The molecule has 34 heavy (non-hydrogen) atoms. The van der Waals surface area contributed by atoms with E-state index in [9.17, 15) is 4.79 Å². The van der Waals surface area contributed by atoms with Crippen LogP contribution in [0.15, 0.2) is 72.8 Å². The number of carbonyl (C=O) groups is 1. The van der Waals surface area contributed by atoms with Crippen molar-refractivity contribution in [3.8, 4) is 5.75 Å². The van der Waals surface area contributed by atoms with Gasteiger partial charge in [-0.2, -0.15) is 0 Å². The second-order valence-electron chi connectivity index (χ2n) is 8.07. The van der Waals surface area contributed by atoms with Crippen molar-refractivity contribution in [1.29, 1.82) is 0 Å². The molecule has 3 aromatic carbocycles. The molecule has 3 rings (SSSR count). The van der Waals surface area contributed by atoms with E-state index in [1.165, 1.54) is 0 Å². The first kappa shape index (κ1) is 25.1. The fraction of sp³-hybridized carbons (Fsp3) is 0.276. The van der Waals surface area contributed by atoms with E-state index in [0.29, 0.717) is 12.1 Å². The molecule has 2 N–H and O–H groups in total. The third-order valence-corrected chi connectivity index (χ3v) is 5.74. The molecule has 0 atom stereocenters. The number of carbonyl (C=O) groups excluding carboxylic acids is 1. The molecule has 0 saturated carbocycles. The van der Waals surface area contributed by atoms with E-state index < -0.39 is 0 Å². The number of methoxy groups -OCH3 is 1. The van der Waals surface area contributed by atoms with Crippen LogP contribution in [0.5, 0.6) is 5.75 Å². The maximum atomic E-state index is 12.5. The Kier molecular flexibility index (Phi) is 9.74. The van der Waals surface area contributed by atoms with Crippen molar-refractivity contribution >= 4 is 29.4 Å². The van der Waals surface area contributed by atoms with E-state index in [2.05, 4.69) is 53.7 Å². The highest BCUT2D eigenvalue weighted by Crippen LogP contribution is 2.20. The van der Waals surface area contributed by atoms with Crippen molar-refractivity contribution in [2.24, 2.45) is 0 Å². The van der Waals surface area contributed by atoms with Gasteiger partial charge in [0.25, 0.3) is 5.91 Å². The van der Waals surface area contributed by atoms with E-state index >= 15 is 0 Å². The van der Waals surface area contributed by atoms with Gasteiger partial charge >= 0.3 is 0 Å². The van der Waals surface area contributed by atoms with Crippen LogP contribution < -0.4 is 15.4 Å². The molecule has 0 aromatic heterocycles. The first-order chi connectivity index (χ1) is 16.6. The zero-order chi connectivity index (χ0) is 24.2. The third-order valence-electron chi connectivity index (χ3n) is 5.74. The number of benzene rings is 3. The lowest BCUT2D eigenvalue weighted by Crippen LogP contribution is -2.29. The molecule has 0 bridgehead atoms. The van der Waals surface area contributed by atoms with Crippen LogP contribution in [0.3, 0.4) is 0 Å². The van der Waals surface area contributed by atoms with Crippen LogP contribution >= 0.6 is 0 Å². The molecule has 0 heterocycles. The molecular formula is C29H35N3O2. The van der Waals surface area contributed by atoms with Gasteiger partial charge in [-0.3, -0.25) is 4.79 Å². The zero-order valence-corrected chi connectivity index (χ0v) is 20.4. The van der Waals surface area contributed by atoms with Crippen LogP contribution in [0.25, 0.3) is 12.2 Å². The summed E-state index contributed by atoms with van der Waals surface area (Å²) in [5, 5.41) is 6.41. The number of anilines is 2. The van der Waals surface area contributed by atoms with E-state index in [4.69, 9.17) is 4.74 Å². The minimum atomic E-state index is -0.0396. The summed E-state index contributed by atoms with van der Waals surface area (Å²) in [4.78, 5) is 14.9. The summed E-state index contributed by atoms with van der Waals surface area (Å²) >= 11 is 0. The number of ether oxygens (including phenoxy) is 1. The highest BCUT2D eigenvalue weighted by atomic mass is 16.5. The lowest BCUT2D eigenvalue weighted by molar-refractivity contribution is 0.0952. The summed E-state index contributed by atoms with van der Waals surface area (Å²) in [6, 6.07) is 23.8. The summed E-state index contributed by atoms with van der Waals surface area (Å²) in [6.07, 6.45) is 5.10. The molecule has 0 unspecified atom stereocenters. The van der Waals surface area contributed by atoms with Crippen LogP contribution in [0.4, 0.5) is 11.4 Å². The van der Waals surface area contributed by atoms with E-state index in [-0.39, 0.29) is 5.91 Å². The molecule has 5 nitrogen and oxygen atoms in total. The third kappa shape index (κ3) is 7.78. The van der Waals surface area contributed by atoms with Crippen molar-refractivity contribution in [3.63, 3.8) is 0 Å². The lowest BCUT2D eigenvalue weighted by atomic mass is 10.1. The van der Waals surface area contributed by atoms with Crippen LogP contribution in [0, 0.1) is 0 Å². The van der Waals surface area contributed by atoms with Gasteiger partial charge in [0.15, 0.2) is 0 Å². The van der Waals surface area contributed by atoms with Crippen molar-refractivity contribution < 1.29 is 9.53 Å². The number of rotatable bonds is 12. The smallest absolute Gasteiger partial charge is 0.251 e. The highest BCUT2D eigenvalue weighted by Gasteiger charge is 2.07. The Morgan fingerprint density at radius 3 is 2.15 bits per heavy atom. The van der Waals surface area contributed by atoms with Crippen molar-refractivity contribution in [1.82, 2.24) is 10.2 Å². The molecule has 5 heteroatoms. The maximum absolute atomic E-state index is 12.5. The number of nitrogens with one attached hydrogen (secondary N) is 2. The lowest BCUT2D eigenvalue weighted by Gasteiger charge is -2.17. The van der Waals surface area contributed by atoms with Crippen molar-refractivity contribution in [2.75, 3.05) is 38.6 Å². The Balaban J connectivity index is 1.52. The number of amides is 1. The maximum Gasteiger partial charge on any atom is 0.251 e. The average molecular weight is 458 g/mol. The molecule has 0 aliphatic rings. The Morgan fingerprint density at radius 2 is 1.53 bits per heavy atom. The normalized spacial score (nSPS) is 11.1.